The number of hydrogen-bond donors (Lipinski definition) is 1. The third-order valence-electron chi connectivity index (χ3n) is 4.85. The van der Waals surface area contributed by atoms with Crippen LogP contribution in [0.5, 0.6) is 0 Å². The van der Waals surface area contributed by atoms with Gasteiger partial charge in [0.05, 0.1) is 0 Å². The van der Waals surface area contributed by atoms with E-state index in [1.165, 1.54) is 56.4 Å². The lowest BCUT2D eigenvalue weighted by molar-refractivity contribution is 0.175. The standard InChI is InChI=1S/C18H30N2/c1-4-16-9-12-20(13-10-16)14-11-18(19-3)17-7-5-15(2)6-8-17/h5-8,16,18-19H,4,9-14H2,1-3H3. The van der Waals surface area contributed by atoms with Crippen molar-refractivity contribution in [1.29, 1.82) is 0 Å². The lowest BCUT2D eigenvalue weighted by atomic mass is 9.94. The topological polar surface area (TPSA) is 15.3 Å². The molecule has 0 bridgehead atoms. The first-order chi connectivity index (χ1) is 9.72. The first-order valence-corrected chi connectivity index (χ1v) is 8.19. The molecule has 1 saturated heterocycles. The van der Waals surface area contributed by atoms with Gasteiger partial charge in [0, 0.05) is 6.04 Å². The Balaban J connectivity index is 1.81. The van der Waals surface area contributed by atoms with E-state index < -0.39 is 0 Å². The van der Waals surface area contributed by atoms with Crippen LogP contribution in [-0.2, 0) is 0 Å². The Kier molecular flexibility index (Phi) is 6.06. The molecule has 1 heterocycles. The van der Waals surface area contributed by atoms with E-state index in [1.54, 1.807) is 0 Å². The number of likely N-dealkylation sites (tertiary alicyclic amines) is 1. The molecular weight excluding hydrogens is 244 g/mol. The van der Waals surface area contributed by atoms with Crippen LogP contribution in [0.1, 0.15) is 49.8 Å². The molecule has 1 unspecified atom stereocenters. The summed E-state index contributed by atoms with van der Waals surface area (Å²) in [6.45, 7) is 8.28. The molecule has 2 rings (SSSR count). The summed E-state index contributed by atoms with van der Waals surface area (Å²) in [5.74, 6) is 0.975. The predicted octanol–water partition coefficient (Wildman–Crippen LogP) is 3.77. The van der Waals surface area contributed by atoms with E-state index in [0.717, 1.165) is 5.92 Å². The van der Waals surface area contributed by atoms with Crippen LogP contribution in [-0.4, -0.2) is 31.6 Å². The van der Waals surface area contributed by atoms with Crippen LogP contribution in [0.15, 0.2) is 24.3 Å². The Morgan fingerprint density at radius 3 is 2.40 bits per heavy atom. The van der Waals surface area contributed by atoms with Gasteiger partial charge in [-0.25, -0.2) is 0 Å². The van der Waals surface area contributed by atoms with Gasteiger partial charge in [0.15, 0.2) is 0 Å². The van der Waals surface area contributed by atoms with Crippen molar-refractivity contribution < 1.29 is 0 Å². The van der Waals surface area contributed by atoms with Gasteiger partial charge < -0.3 is 10.2 Å². The lowest BCUT2D eigenvalue weighted by Crippen LogP contribution is -2.35. The van der Waals surface area contributed by atoms with Gasteiger partial charge in [0.2, 0.25) is 0 Å². The normalized spacial score (nSPS) is 19.1. The monoisotopic (exact) mass is 274 g/mol. The molecule has 0 aromatic heterocycles. The molecule has 0 amide bonds. The maximum Gasteiger partial charge on any atom is 0.0329 e. The smallest absolute Gasteiger partial charge is 0.0329 e. The van der Waals surface area contributed by atoms with Crippen LogP contribution in [0, 0.1) is 12.8 Å². The summed E-state index contributed by atoms with van der Waals surface area (Å²) < 4.78 is 0. The van der Waals surface area contributed by atoms with Crippen LogP contribution in [0.4, 0.5) is 0 Å². The molecule has 1 aromatic carbocycles. The van der Waals surface area contributed by atoms with Gasteiger partial charge in [0.1, 0.15) is 0 Å². The third-order valence-corrected chi connectivity index (χ3v) is 4.85. The molecule has 1 atom stereocenters. The molecule has 20 heavy (non-hydrogen) atoms. The van der Waals surface area contributed by atoms with Crippen LogP contribution >= 0.6 is 0 Å². The Labute approximate surface area is 124 Å². The van der Waals surface area contributed by atoms with Crippen molar-refractivity contribution in [3.05, 3.63) is 35.4 Å². The van der Waals surface area contributed by atoms with Crippen molar-refractivity contribution in [1.82, 2.24) is 10.2 Å². The molecule has 0 saturated carbocycles. The highest BCUT2D eigenvalue weighted by Crippen LogP contribution is 2.22. The average Bonchev–Trinajstić information content (AvgIpc) is 2.50. The number of rotatable bonds is 6. The van der Waals surface area contributed by atoms with Crippen molar-refractivity contribution in [2.24, 2.45) is 5.92 Å². The van der Waals surface area contributed by atoms with Gasteiger partial charge >= 0.3 is 0 Å². The van der Waals surface area contributed by atoms with Gasteiger partial charge in [-0.15, -0.1) is 0 Å². The van der Waals surface area contributed by atoms with Crippen LogP contribution in [0.2, 0.25) is 0 Å². The lowest BCUT2D eigenvalue weighted by Gasteiger charge is -2.32. The Morgan fingerprint density at radius 1 is 1.20 bits per heavy atom. The van der Waals surface area contributed by atoms with Crippen LogP contribution in [0.25, 0.3) is 0 Å². The van der Waals surface area contributed by atoms with E-state index in [4.69, 9.17) is 0 Å². The van der Waals surface area contributed by atoms with Crippen LogP contribution < -0.4 is 5.32 Å². The quantitative estimate of drug-likeness (QED) is 0.849. The summed E-state index contributed by atoms with van der Waals surface area (Å²) in [5.41, 5.74) is 2.76. The average molecular weight is 274 g/mol. The fourth-order valence-corrected chi connectivity index (χ4v) is 3.21. The maximum atomic E-state index is 3.47. The van der Waals surface area contributed by atoms with Gasteiger partial charge in [-0.2, -0.15) is 0 Å². The van der Waals surface area contributed by atoms with Crippen molar-refractivity contribution in [3.63, 3.8) is 0 Å². The summed E-state index contributed by atoms with van der Waals surface area (Å²) in [6.07, 6.45) is 5.35. The first-order valence-electron chi connectivity index (χ1n) is 8.19. The van der Waals surface area contributed by atoms with Crippen molar-refractivity contribution in [3.8, 4) is 0 Å². The largest absolute Gasteiger partial charge is 0.313 e. The van der Waals surface area contributed by atoms with Gasteiger partial charge in [-0.1, -0.05) is 43.2 Å². The second-order valence-electron chi connectivity index (χ2n) is 6.23. The summed E-state index contributed by atoms with van der Waals surface area (Å²) in [4.78, 5) is 2.64. The fraction of sp³-hybridized carbons (Fsp3) is 0.667. The zero-order valence-corrected chi connectivity index (χ0v) is 13.4. The molecular formula is C18H30N2. The summed E-state index contributed by atoms with van der Waals surface area (Å²) in [6, 6.07) is 9.44. The molecule has 2 nitrogen and oxygen atoms in total. The van der Waals surface area contributed by atoms with Crippen molar-refractivity contribution >= 4 is 0 Å². The number of aryl methyl sites for hydroxylation is 1. The number of nitrogens with one attached hydrogen (secondary N) is 1. The highest BCUT2D eigenvalue weighted by molar-refractivity contribution is 5.24. The van der Waals surface area contributed by atoms with E-state index in [-0.39, 0.29) is 0 Å². The zero-order chi connectivity index (χ0) is 14.4. The van der Waals surface area contributed by atoms with Crippen molar-refractivity contribution in [2.45, 2.75) is 45.6 Å². The summed E-state index contributed by atoms with van der Waals surface area (Å²) in [7, 11) is 2.08. The van der Waals surface area contributed by atoms with Gasteiger partial charge in [-0.05, 0) is 64.3 Å². The third kappa shape index (κ3) is 4.32. The first kappa shape index (κ1) is 15.5. The highest BCUT2D eigenvalue weighted by Gasteiger charge is 2.18. The molecule has 1 N–H and O–H groups in total. The van der Waals surface area contributed by atoms with Crippen LogP contribution in [0.3, 0.4) is 0 Å². The molecule has 112 valence electrons. The van der Waals surface area contributed by atoms with E-state index >= 15 is 0 Å². The van der Waals surface area contributed by atoms with E-state index in [0.29, 0.717) is 6.04 Å². The Bertz CT molecular complexity index is 377. The molecule has 2 heteroatoms. The summed E-state index contributed by atoms with van der Waals surface area (Å²) in [5, 5.41) is 3.47. The van der Waals surface area contributed by atoms with Crippen molar-refractivity contribution in [2.75, 3.05) is 26.7 Å². The second-order valence-corrected chi connectivity index (χ2v) is 6.23. The SMILES string of the molecule is CCC1CCN(CCC(NC)c2ccc(C)cc2)CC1. The fourth-order valence-electron chi connectivity index (χ4n) is 3.21. The van der Waals surface area contributed by atoms with Gasteiger partial charge in [-0.3, -0.25) is 0 Å². The molecule has 1 aliphatic heterocycles. The number of benzene rings is 1. The molecule has 0 radical (unpaired) electrons. The highest BCUT2D eigenvalue weighted by atomic mass is 15.1. The Hall–Kier alpha value is -0.860. The number of nitrogens with zero attached hydrogens (tertiary/aromatic N) is 1. The minimum atomic E-state index is 0.486. The Morgan fingerprint density at radius 2 is 1.85 bits per heavy atom. The zero-order valence-electron chi connectivity index (χ0n) is 13.4. The minimum Gasteiger partial charge on any atom is -0.313 e. The molecule has 0 aliphatic carbocycles. The van der Waals surface area contributed by atoms with E-state index in [9.17, 15) is 0 Å². The maximum absolute atomic E-state index is 3.47. The molecule has 1 aromatic rings. The second kappa shape index (κ2) is 7.80. The van der Waals surface area contributed by atoms with E-state index in [2.05, 4.69) is 55.4 Å². The molecule has 0 spiro atoms. The number of hydrogen-bond acceptors (Lipinski definition) is 2. The molecule has 1 fully saturated rings. The summed E-state index contributed by atoms with van der Waals surface area (Å²) >= 11 is 0. The molecule has 1 aliphatic rings. The number of piperidine rings is 1. The minimum absolute atomic E-state index is 0.486. The van der Waals surface area contributed by atoms with E-state index in [1.807, 2.05) is 0 Å². The predicted molar refractivity (Wildman–Crippen MR) is 87.1 cm³/mol. The van der Waals surface area contributed by atoms with Gasteiger partial charge in [0.25, 0.3) is 0 Å².